The molecule has 0 atom stereocenters. The first-order valence-electron chi connectivity index (χ1n) is 9.15. The molecule has 0 aliphatic heterocycles. The zero-order valence-electron chi connectivity index (χ0n) is 16.3. The number of carbonyl (C=O) groups is 1. The molecule has 0 aromatic heterocycles. The Labute approximate surface area is 178 Å². The number of urea groups is 1. The number of hydrogen-bond donors (Lipinski definition) is 2. The summed E-state index contributed by atoms with van der Waals surface area (Å²) in [6.07, 6.45) is 1.58. The van der Waals surface area contributed by atoms with Crippen LogP contribution in [0.15, 0.2) is 76.3 Å². The molecule has 5 nitrogen and oxygen atoms in total. The minimum atomic E-state index is -0.396. The van der Waals surface area contributed by atoms with Crippen LogP contribution < -0.4 is 15.5 Å². The predicted octanol–water partition coefficient (Wildman–Crippen LogP) is 5.80. The highest BCUT2D eigenvalue weighted by atomic mass is 79.9. The molecule has 6 heteroatoms. The molecule has 0 aliphatic carbocycles. The Bertz CT molecular complexity index is 1020. The normalized spacial score (nSPS) is 10.7. The standard InChI is InChI=1S/C23H22BrN3O2/c1-16-7-9-18(10-8-16)15-29-22-12-11-19(13-20(22)24)14-25-27-23(28)26-21-6-4-3-5-17(21)2/h3-14H,15H2,1-2H3,(H2,26,27,28). The number of rotatable bonds is 6. The van der Waals surface area contributed by atoms with Crippen molar-refractivity contribution in [3.8, 4) is 5.75 Å². The van der Waals surface area contributed by atoms with Crippen LogP contribution in [-0.4, -0.2) is 12.2 Å². The molecule has 0 spiro atoms. The van der Waals surface area contributed by atoms with Crippen LogP contribution in [0.5, 0.6) is 5.75 Å². The van der Waals surface area contributed by atoms with Gasteiger partial charge in [0, 0.05) is 5.69 Å². The van der Waals surface area contributed by atoms with Crippen LogP contribution >= 0.6 is 15.9 Å². The number of hydrogen-bond acceptors (Lipinski definition) is 3. The van der Waals surface area contributed by atoms with E-state index < -0.39 is 6.03 Å². The van der Waals surface area contributed by atoms with E-state index in [1.807, 2.05) is 49.4 Å². The zero-order valence-corrected chi connectivity index (χ0v) is 17.9. The number of ether oxygens (including phenoxy) is 1. The fourth-order valence-electron chi connectivity index (χ4n) is 2.59. The number of benzene rings is 3. The Morgan fingerprint density at radius 3 is 2.55 bits per heavy atom. The molecule has 0 aliphatic rings. The number of hydrazone groups is 1. The van der Waals surface area contributed by atoms with Gasteiger partial charge in [0.1, 0.15) is 12.4 Å². The topological polar surface area (TPSA) is 62.7 Å². The molecule has 3 rings (SSSR count). The smallest absolute Gasteiger partial charge is 0.339 e. The molecule has 2 amide bonds. The number of carbonyl (C=O) groups excluding carboxylic acids is 1. The highest BCUT2D eigenvalue weighted by Gasteiger charge is 2.04. The van der Waals surface area contributed by atoms with Crippen molar-refractivity contribution in [1.82, 2.24) is 5.43 Å². The fraction of sp³-hybridized carbons (Fsp3) is 0.130. The van der Waals surface area contributed by atoms with Crippen LogP contribution in [0, 0.1) is 13.8 Å². The van der Waals surface area contributed by atoms with Gasteiger partial charge in [0.05, 0.1) is 10.7 Å². The summed E-state index contributed by atoms with van der Waals surface area (Å²) < 4.78 is 6.68. The molecule has 29 heavy (non-hydrogen) atoms. The van der Waals surface area contributed by atoms with Crippen LogP contribution in [0.3, 0.4) is 0 Å². The number of anilines is 1. The van der Waals surface area contributed by atoms with Crippen molar-refractivity contribution in [3.05, 3.63) is 93.5 Å². The van der Waals surface area contributed by atoms with Crippen molar-refractivity contribution in [2.24, 2.45) is 5.10 Å². The summed E-state index contributed by atoms with van der Waals surface area (Å²) in [5.74, 6) is 0.744. The first-order chi connectivity index (χ1) is 14.0. The highest BCUT2D eigenvalue weighted by molar-refractivity contribution is 9.10. The molecule has 2 N–H and O–H groups in total. The van der Waals surface area contributed by atoms with Crippen LogP contribution in [0.4, 0.5) is 10.5 Å². The molecule has 0 saturated heterocycles. The van der Waals surface area contributed by atoms with Gasteiger partial charge in [-0.2, -0.15) is 5.10 Å². The Hall–Kier alpha value is -3.12. The van der Waals surface area contributed by atoms with E-state index in [9.17, 15) is 4.79 Å². The summed E-state index contributed by atoms with van der Waals surface area (Å²) in [6, 6.07) is 21.0. The van der Waals surface area contributed by atoms with E-state index >= 15 is 0 Å². The van der Waals surface area contributed by atoms with E-state index in [1.165, 1.54) is 5.56 Å². The maximum atomic E-state index is 12.0. The van der Waals surface area contributed by atoms with Crippen LogP contribution in [0.25, 0.3) is 0 Å². The van der Waals surface area contributed by atoms with E-state index in [2.05, 4.69) is 63.0 Å². The largest absolute Gasteiger partial charge is 0.488 e. The SMILES string of the molecule is Cc1ccc(COc2ccc(C=NNC(=O)Nc3ccccc3C)cc2Br)cc1. The molecular formula is C23H22BrN3O2. The second kappa shape index (κ2) is 9.89. The van der Waals surface area contributed by atoms with Gasteiger partial charge in [-0.05, 0) is 70.7 Å². The predicted molar refractivity (Wildman–Crippen MR) is 121 cm³/mol. The van der Waals surface area contributed by atoms with E-state index in [0.29, 0.717) is 6.61 Å². The molecule has 0 bridgehead atoms. The van der Waals surface area contributed by atoms with Gasteiger partial charge in [-0.3, -0.25) is 0 Å². The van der Waals surface area contributed by atoms with Gasteiger partial charge in [0.25, 0.3) is 0 Å². The second-order valence-electron chi connectivity index (χ2n) is 6.60. The third-order valence-corrected chi connectivity index (χ3v) is 4.86. The quantitative estimate of drug-likeness (QED) is 0.367. The molecule has 3 aromatic carbocycles. The average molecular weight is 452 g/mol. The average Bonchev–Trinajstić information content (AvgIpc) is 2.70. The molecule has 0 fully saturated rings. The lowest BCUT2D eigenvalue weighted by Gasteiger charge is -2.09. The first-order valence-corrected chi connectivity index (χ1v) is 9.94. The van der Waals surface area contributed by atoms with Crippen LogP contribution in [-0.2, 0) is 6.61 Å². The number of nitrogens with one attached hydrogen (secondary N) is 2. The van der Waals surface area contributed by atoms with Crippen molar-refractivity contribution in [1.29, 1.82) is 0 Å². The number of aryl methyl sites for hydroxylation is 2. The van der Waals surface area contributed by atoms with Gasteiger partial charge < -0.3 is 10.1 Å². The maximum absolute atomic E-state index is 12.0. The Kier molecular flexibility index (Phi) is 7.03. The summed E-state index contributed by atoms with van der Waals surface area (Å²) in [7, 11) is 0. The zero-order chi connectivity index (χ0) is 20.6. The summed E-state index contributed by atoms with van der Waals surface area (Å²) in [5, 5.41) is 6.75. The van der Waals surface area contributed by atoms with Crippen LogP contribution in [0.2, 0.25) is 0 Å². The summed E-state index contributed by atoms with van der Waals surface area (Å²) in [6.45, 7) is 4.48. The monoisotopic (exact) mass is 451 g/mol. The lowest BCUT2D eigenvalue weighted by atomic mass is 10.2. The highest BCUT2D eigenvalue weighted by Crippen LogP contribution is 2.26. The van der Waals surface area contributed by atoms with E-state index in [1.54, 1.807) is 6.21 Å². The van der Waals surface area contributed by atoms with Gasteiger partial charge in [-0.25, -0.2) is 10.2 Å². The molecular weight excluding hydrogens is 430 g/mol. The summed E-state index contributed by atoms with van der Waals surface area (Å²) in [5.41, 5.74) is 7.36. The molecule has 148 valence electrons. The fourth-order valence-corrected chi connectivity index (χ4v) is 3.10. The molecule has 0 unspecified atom stereocenters. The van der Waals surface area contributed by atoms with Crippen molar-refractivity contribution in [3.63, 3.8) is 0 Å². The third kappa shape index (κ3) is 6.19. The lowest BCUT2D eigenvalue weighted by Crippen LogP contribution is -2.24. The van der Waals surface area contributed by atoms with Gasteiger partial charge in [-0.1, -0.05) is 48.0 Å². The molecule has 0 saturated carbocycles. The Balaban J connectivity index is 1.53. The molecule has 3 aromatic rings. The Morgan fingerprint density at radius 1 is 1.07 bits per heavy atom. The van der Waals surface area contributed by atoms with Crippen LogP contribution in [0.1, 0.15) is 22.3 Å². The summed E-state index contributed by atoms with van der Waals surface area (Å²) >= 11 is 3.52. The lowest BCUT2D eigenvalue weighted by molar-refractivity contribution is 0.252. The molecule has 0 radical (unpaired) electrons. The van der Waals surface area contributed by atoms with E-state index in [0.717, 1.165) is 32.6 Å². The van der Waals surface area contributed by atoms with Crippen molar-refractivity contribution < 1.29 is 9.53 Å². The third-order valence-electron chi connectivity index (χ3n) is 4.24. The van der Waals surface area contributed by atoms with E-state index in [-0.39, 0.29) is 0 Å². The Morgan fingerprint density at radius 2 is 1.83 bits per heavy atom. The summed E-state index contributed by atoms with van der Waals surface area (Å²) in [4.78, 5) is 12.0. The van der Waals surface area contributed by atoms with Gasteiger partial charge in [0.15, 0.2) is 0 Å². The number of halogens is 1. The minimum Gasteiger partial charge on any atom is -0.488 e. The van der Waals surface area contributed by atoms with E-state index in [4.69, 9.17) is 4.74 Å². The van der Waals surface area contributed by atoms with Gasteiger partial charge in [0.2, 0.25) is 0 Å². The number of amides is 2. The van der Waals surface area contributed by atoms with Crippen molar-refractivity contribution in [2.45, 2.75) is 20.5 Å². The van der Waals surface area contributed by atoms with Gasteiger partial charge in [-0.15, -0.1) is 0 Å². The minimum absolute atomic E-state index is 0.396. The van der Waals surface area contributed by atoms with Gasteiger partial charge >= 0.3 is 6.03 Å². The van der Waals surface area contributed by atoms with Crippen molar-refractivity contribution in [2.75, 3.05) is 5.32 Å². The second-order valence-corrected chi connectivity index (χ2v) is 7.46. The first kappa shape index (κ1) is 20.6. The molecule has 0 heterocycles. The van der Waals surface area contributed by atoms with Crippen molar-refractivity contribution >= 4 is 33.9 Å². The maximum Gasteiger partial charge on any atom is 0.339 e. The number of nitrogens with zero attached hydrogens (tertiary/aromatic N) is 1. The number of para-hydroxylation sites is 1.